The van der Waals surface area contributed by atoms with Gasteiger partial charge in [0.2, 0.25) is 0 Å². The molecule has 0 aromatic heterocycles. The molecule has 0 atom stereocenters. The third-order valence-corrected chi connectivity index (χ3v) is 13.8. The van der Waals surface area contributed by atoms with E-state index in [9.17, 15) is 0 Å². The average Bonchev–Trinajstić information content (AvgIpc) is 3.54. The summed E-state index contributed by atoms with van der Waals surface area (Å²) in [6, 6.07) is 57.9. The van der Waals surface area contributed by atoms with E-state index in [-0.39, 0.29) is 22.2 Å². The van der Waals surface area contributed by atoms with E-state index in [4.69, 9.17) is 9.98 Å². The minimum atomic E-state index is -0.247. The van der Waals surface area contributed by atoms with Gasteiger partial charge in [0.1, 0.15) is 11.7 Å². The molecule has 0 fully saturated rings. The van der Waals surface area contributed by atoms with Gasteiger partial charge in [-0.15, -0.1) is 0 Å². The van der Waals surface area contributed by atoms with Crippen molar-refractivity contribution < 1.29 is 0 Å². The molecule has 4 nitrogen and oxygen atoms in total. The smallest absolute Gasteiger partial charge is 0.136 e. The van der Waals surface area contributed by atoms with Crippen molar-refractivity contribution in [2.24, 2.45) is 9.98 Å². The molecule has 4 heteroatoms. The van der Waals surface area contributed by atoms with Crippen LogP contribution in [0.2, 0.25) is 0 Å². The molecule has 8 aromatic carbocycles. The average molecular weight is 755 g/mol. The molecule has 2 heterocycles. The first-order chi connectivity index (χ1) is 27.7. The SMILES string of the molecule is CC1(C)N=C(c2ccc(-c3cc4ccc5cc(-c6ccc(C7=NC(C)(C)C(C)(C)N7c7ccccc7)cc6)cc6ccc(c3)c4c56)cc2)N(c2ccccc2)C1(C)C. The molecule has 0 N–H and O–H groups in total. The Morgan fingerprint density at radius 2 is 0.621 bits per heavy atom. The van der Waals surface area contributed by atoms with Crippen molar-refractivity contribution in [1.29, 1.82) is 0 Å². The van der Waals surface area contributed by atoms with Crippen LogP contribution in [0, 0.1) is 0 Å². The van der Waals surface area contributed by atoms with Crippen molar-refractivity contribution in [3.05, 3.63) is 169 Å². The highest BCUT2D eigenvalue weighted by Gasteiger charge is 2.50. The van der Waals surface area contributed by atoms with Gasteiger partial charge in [0, 0.05) is 22.5 Å². The van der Waals surface area contributed by atoms with E-state index in [2.05, 4.69) is 223 Å². The quantitative estimate of drug-likeness (QED) is 0.158. The first kappa shape index (κ1) is 36.1. The summed E-state index contributed by atoms with van der Waals surface area (Å²) in [5.41, 5.74) is 8.55. The van der Waals surface area contributed by atoms with Crippen molar-refractivity contribution in [3.63, 3.8) is 0 Å². The van der Waals surface area contributed by atoms with E-state index in [1.54, 1.807) is 0 Å². The predicted molar refractivity (Wildman–Crippen MR) is 248 cm³/mol. The number of rotatable bonds is 6. The van der Waals surface area contributed by atoms with E-state index in [1.165, 1.54) is 54.6 Å². The number of para-hydroxylation sites is 2. The number of amidine groups is 2. The highest BCUT2D eigenvalue weighted by atomic mass is 15.3. The fourth-order valence-electron chi connectivity index (χ4n) is 9.21. The summed E-state index contributed by atoms with van der Waals surface area (Å²) in [7, 11) is 0. The molecule has 2 aliphatic rings. The van der Waals surface area contributed by atoms with Crippen LogP contribution in [0.1, 0.15) is 66.5 Å². The lowest BCUT2D eigenvalue weighted by atomic mass is 9.83. The molecular weight excluding hydrogens is 705 g/mol. The fraction of sp³-hybridized carbons (Fsp3) is 0.222. The normalized spacial score (nSPS) is 18.0. The lowest BCUT2D eigenvalue weighted by molar-refractivity contribution is 0.338. The van der Waals surface area contributed by atoms with Gasteiger partial charge in [0.25, 0.3) is 0 Å². The molecule has 2 aliphatic heterocycles. The summed E-state index contributed by atoms with van der Waals surface area (Å²) in [6.07, 6.45) is 0. The molecule has 0 unspecified atom stereocenters. The van der Waals surface area contributed by atoms with Crippen LogP contribution in [0.15, 0.2) is 168 Å². The number of benzene rings is 8. The number of aliphatic imine (C=N–C) groups is 2. The number of nitrogens with zero attached hydrogens (tertiary/aromatic N) is 4. The molecule has 8 aromatic rings. The van der Waals surface area contributed by atoms with E-state index < -0.39 is 0 Å². The zero-order valence-corrected chi connectivity index (χ0v) is 34.8. The molecule has 0 aliphatic carbocycles. The maximum atomic E-state index is 5.30. The molecule has 0 amide bonds. The Morgan fingerprint density at radius 3 is 0.931 bits per heavy atom. The Balaban J connectivity index is 0.966. The van der Waals surface area contributed by atoms with Gasteiger partial charge in [-0.2, -0.15) is 0 Å². The van der Waals surface area contributed by atoms with Crippen LogP contribution in [0.25, 0.3) is 54.6 Å². The van der Waals surface area contributed by atoms with Gasteiger partial charge < -0.3 is 9.80 Å². The molecule has 0 radical (unpaired) electrons. The standard InChI is InChI=1S/C54H50N4/c1-51(2)53(5,6)57(45-15-11-9-12-16-45)49(55-51)37-23-19-35(20-24-37)43-31-39-27-29-41-33-44(34-42-30-28-40(32-43)47(39)48(41)42)36-21-25-38(26-22-36)50-56-52(3,4)54(7,8)58(50)46-17-13-10-14-18-46/h9-34H,1-8H3. The summed E-state index contributed by atoms with van der Waals surface area (Å²) >= 11 is 0. The molecule has 286 valence electrons. The highest BCUT2D eigenvalue weighted by Crippen LogP contribution is 2.45. The minimum absolute atomic E-state index is 0.186. The molecule has 0 saturated carbocycles. The molecular formula is C54H50N4. The first-order valence-corrected chi connectivity index (χ1v) is 20.6. The van der Waals surface area contributed by atoms with Crippen LogP contribution in [-0.2, 0) is 0 Å². The minimum Gasteiger partial charge on any atom is -0.318 e. The summed E-state index contributed by atoms with van der Waals surface area (Å²) in [4.78, 5) is 15.4. The summed E-state index contributed by atoms with van der Waals surface area (Å²) in [5.74, 6) is 2.04. The lowest BCUT2D eigenvalue weighted by Gasteiger charge is -2.41. The van der Waals surface area contributed by atoms with Crippen LogP contribution in [-0.4, -0.2) is 33.8 Å². The zero-order chi connectivity index (χ0) is 40.2. The Bertz CT molecular complexity index is 2650. The Hall–Kier alpha value is -6.26. The number of anilines is 2. The number of hydrogen-bond acceptors (Lipinski definition) is 4. The third kappa shape index (κ3) is 5.41. The molecule has 0 bridgehead atoms. The van der Waals surface area contributed by atoms with Crippen molar-refractivity contribution in [1.82, 2.24) is 0 Å². The van der Waals surface area contributed by atoms with Crippen LogP contribution in [0.5, 0.6) is 0 Å². The van der Waals surface area contributed by atoms with Crippen LogP contribution in [0.4, 0.5) is 11.4 Å². The zero-order valence-electron chi connectivity index (χ0n) is 34.8. The maximum Gasteiger partial charge on any atom is 0.136 e. The third-order valence-electron chi connectivity index (χ3n) is 13.8. The monoisotopic (exact) mass is 754 g/mol. The van der Waals surface area contributed by atoms with Gasteiger partial charge >= 0.3 is 0 Å². The molecule has 0 spiro atoms. The van der Waals surface area contributed by atoms with Crippen molar-refractivity contribution in [2.45, 2.75) is 77.5 Å². The van der Waals surface area contributed by atoms with Crippen LogP contribution < -0.4 is 9.80 Å². The van der Waals surface area contributed by atoms with Gasteiger partial charge in [-0.3, -0.25) is 9.98 Å². The van der Waals surface area contributed by atoms with Gasteiger partial charge in [-0.25, -0.2) is 0 Å². The Morgan fingerprint density at radius 1 is 0.328 bits per heavy atom. The van der Waals surface area contributed by atoms with Crippen molar-refractivity contribution >= 4 is 55.4 Å². The maximum absolute atomic E-state index is 5.30. The summed E-state index contributed by atoms with van der Waals surface area (Å²) < 4.78 is 0. The topological polar surface area (TPSA) is 31.2 Å². The summed E-state index contributed by atoms with van der Waals surface area (Å²) in [5, 5.41) is 7.69. The largest absolute Gasteiger partial charge is 0.318 e. The fourth-order valence-corrected chi connectivity index (χ4v) is 9.21. The van der Waals surface area contributed by atoms with Gasteiger partial charge in [-0.05, 0) is 158 Å². The molecule has 58 heavy (non-hydrogen) atoms. The highest BCUT2D eigenvalue weighted by molar-refractivity contribution is 6.24. The predicted octanol–water partition coefficient (Wildman–Crippen LogP) is 13.6. The van der Waals surface area contributed by atoms with Gasteiger partial charge in [0.15, 0.2) is 0 Å². The second-order valence-corrected chi connectivity index (χ2v) is 18.3. The number of hydrogen-bond donors (Lipinski definition) is 0. The van der Waals surface area contributed by atoms with E-state index >= 15 is 0 Å². The Kier molecular flexibility index (Phi) is 7.86. The second kappa shape index (κ2) is 12.6. The van der Waals surface area contributed by atoms with Gasteiger partial charge in [0.05, 0.1) is 22.2 Å². The van der Waals surface area contributed by atoms with E-state index in [0.717, 1.165) is 34.2 Å². The molecule has 10 rings (SSSR count). The molecule has 0 saturated heterocycles. The lowest BCUT2D eigenvalue weighted by Crippen LogP contribution is -2.53. The second-order valence-electron chi connectivity index (χ2n) is 18.3. The summed E-state index contributed by atoms with van der Waals surface area (Å²) in [6.45, 7) is 18.1. The first-order valence-electron chi connectivity index (χ1n) is 20.6. The van der Waals surface area contributed by atoms with Crippen LogP contribution in [0.3, 0.4) is 0 Å². The Labute approximate surface area is 342 Å². The van der Waals surface area contributed by atoms with E-state index in [0.29, 0.717) is 0 Å². The van der Waals surface area contributed by atoms with E-state index in [1.807, 2.05) is 0 Å². The van der Waals surface area contributed by atoms with Gasteiger partial charge in [-0.1, -0.05) is 109 Å². The van der Waals surface area contributed by atoms with Crippen molar-refractivity contribution in [2.75, 3.05) is 9.80 Å². The van der Waals surface area contributed by atoms with Crippen molar-refractivity contribution in [3.8, 4) is 22.3 Å². The van der Waals surface area contributed by atoms with Crippen LogP contribution >= 0.6 is 0 Å².